The summed E-state index contributed by atoms with van der Waals surface area (Å²) in [4.78, 5) is 11.0. The van der Waals surface area contributed by atoms with Crippen molar-refractivity contribution in [3.8, 4) is 5.88 Å². The predicted molar refractivity (Wildman–Crippen MR) is 70.8 cm³/mol. The molecule has 0 aromatic carbocycles. The number of aromatic hydroxyl groups is 1. The van der Waals surface area contributed by atoms with Crippen LogP contribution in [0.4, 0.5) is 0 Å². The molecule has 0 spiro atoms. The number of carbonyl (C=O) groups excluding carboxylic acids is 1. The zero-order valence-corrected chi connectivity index (χ0v) is 11.0. The largest absolute Gasteiger partial charge is 0.494 e. The first-order chi connectivity index (χ1) is 9.26. The van der Waals surface area contributed by atoms with E-state index in [-0.39, 0.29) is 5.88 Å². The molecule has 1 aliphatic carbocycles. The van der Waals surface area contributed by atoms with E-state index in [0.717, 1.165) is 25.0 Å². The summed E-state index contributed by atoms with van der Waals surface area (Å²) in [7, 11) is 1.61. The van der Waals surface area contributed by atoms with Crippen molar-refractivity contribution >= 4 is 12.2 Å². The van der Waals surface area contributed by atoms with Gasteiger partial charge in [0.05, 0.1) is 12.7 Å². The van der Waals surface area contributed by atoms with Gasteiger partial charge in [-0.15, -0.1) is 0 Å². The molecule has 19 heavy (non-hydrogen) atoms. The van der Waals surface area contributed by atoms with Crippen LogP contribution in [0.15, 0.2) is 11.6 Å². The van der Waals surface area contributed by atoms with Gasteiger partial charge in [0, 0.05) is 23.9 Å². The van der Waals surface area contributed by atoms with Crippen molar-refractivity contribution in [3.63, 3.8) is 0 Å². The molecule has 1 saturated carbocycles. The molecule has 102 valence electrons. The number of aromatic nitrogens is 1. The van der Waals surface area contributed by atoms with Crippen molar-refractivity contribution < 1.29 is 14.6 Å². The molecule has 5 nitrogen and oxygen atoms in total. The van der Waals surface area contributed by atoms with E-state index in [1.165, 1.54) is 12.0 Å². The average molecular weight is 262 g/mol. The summed E-state index contributed by atoms with van der Waals surface area (Å²) in [5, 5.41) is 13.7. The maximum atomic E-state index is 11.0. The molecule has 2 N–H and O–H groups in total. The van der Waals surface area contributed by atoms with Crippen LogP contribution in [0.3, 0.4) is 0 Å². The van der Waals surface area contributed by atoms with Gasteiger partial charge in [-0.1, -0.05) is 6.42 Å². The third-order valence-corrected chi connectivity index (χ3v) is 4.02. The Bertz CT molecular complexity index is 545. The second kappa shape index (κ2) is 4.74. The van der Waals surface area contributed by atoms with Crippen molar-refractivity contribution in [2.45, 2.75) is 38.3 Å². The van der Waals surface area contributed by atoms with Crippen molar-refractivity contribution in [1.82, 2.24) is 9.88 Å². The topological polar surface area (TPSA) is 63.5 Å². The molecule has 0 bridgehead atoms. The van der Waals surface area contributed by atoms with E-state index in [1.54, 1.807) is 17.7 Å². The third-order valence-electron chi connectivity index (χ3n) is 4.02. The highest BCUT2D eigenvalue weighted by Gasteiger charge is 2.30. The normalized spacial score (nSPS) is 22.5. The van der Waals surface area contributed by atoms with E-state index in [2.05, 4.69) is 5.32 Å². The number of nitrogens with one attached hydrogen (secondary N) is 1. The van der Waals surface area contributed by atoms with Crippen molar-refractivity contribution in [1.29, 1.82) is 0 Å². The highest BCUT2D eigenvalue weighted by atomic mass is 16.5. The first kappa shape index (κ1) is 12.3. The lowest BCUT2D eigenvalue weighted by molar-refractivity contribution is 0.112. The number of fused-ring (bicyclic) bond motifs is 2. The molecule has 2 aliphatic rings. The monoisotopic (exact) mass is 262 g/mol. The predicted octanol–water partition coefficient (Wildman–Crippen LogP) is 1.87. The van der Waals surface area contributed by atoms with E-state index in [1.807, 2.05) is 0 Å². The zero-order valence-electron chi connectivity index (χ0n) is 11.0. The van der Waals surface area contributed by atoms with Crippen LogP contribution in [0.5, 0.6) is 5.88 Å². The molecular formula is C14H18N2O3. The number of hydrogen-bond donors (Lipinski definition) is 2. The molecule has 0 saturated heterocycles. The van der Waals surface area contributed by atoms with Gasteiger partial charge in [-0.05, 0) is 25.3 Å². The van der Waals surface area contributed by atoms with E-state index >= 15 is 0 Å². The van der Waals surface area contributed by atoms with Gasteiger partial charge >= 0.3 is 0 Å². The summed E-state index contributed by atoms with van der Waals surface area (Å²) in [6.07, 6.45) is 5.08. The lowest BCUT2D eigenvalue weighted by Crippen LogP contribution is -2.32. The zero-order chi connectivity index (χ0) is 13.4. The Kier molecular flexibility index (Phi) is 3.06. The molecule has 1 unspecified atom stereocenters. The second-order valence-corrected chi connectivity index (χ2v) is 5.08. The fourth-order valence-electron chi connectivity index (χ4n) is 3.10. The Labute approximate surface area is 111 Å². The molecule has 1 aromatic heterocycles. The Balaban J connectivity index is 2.18. The number of carbonyl (C=O) groups is 1. The Hall–Kier alpha value is -1.75. The lowest BCUT2D eigenvalue weighted by Gasteiger charge is -2.26. The minimum atomic E-state index is -0.0256. The molecule has 5 heteroatoms. The summed E-state index contributed by atoms with van der Waals surface area (Å²) >= 11 is 0. The van der Waals surface area contributed by atoms with E-state index in [0.29, 0.717) is 30.3 Å². The average Bonchev–Trinajstić information content (AvgIpc) is 2.67. The lowest BCUT2D eigenvalue weighted by atomic mass is 9.90. The number of nitrogens with zero attached hydrogens (tertiary/aromatic N) is 1. The summed E-state index contributed by atoms with van der Waals surface area (Å²) < 4.78 is 7.20. The highest BCUT2D eigenvalue weighted by molar-refractivity contribution is 5.80. The maximum absolute atomic E-state index is 11.0. The fraction of sp³-hybridized carbons (Fsp3) is 0.500. The standard InChI is InChI=1S/C14H18N2O3/c1-19-14-11-4-2-3-5-12(11)15-7-10-6-9(8-17)13(18)16(10)14/h6,8,12,15,18H,2-5,7H2,1H3. The summed E-state index contributed by atoms with van der Waals surface area (Å²) in [6, 6.07) is 2.02. The summed E-state index contributed by atoms with van der Waals surface area (Å²) in [5.41, 5.74) is 2.36. The number of rotatable bonds is 2. The van der Waals surface area contributed by atoms with Gasteiger partial charge in [0.25, 0.3) is 0 Å². The van der Waals surface area contributed by atoms with Gasteiger partial charge in [-0.2, -0.15) is 0 Å². The molecular weight excluding hydrogens is 244 g/mol. The molecule has 1 fully saturated rings. The molecule has 0 amide bonds. The van der Waals surface area contributed by atoms with Crippen LogP contribution in [0.1, 0.15) is 41.7 Å². The van der Waals surface area contributed by atoms with Gasteiger partial charge in [0.2, 0.25) is 11.8 Å². The Morgan fingerprint density at radius 2 is 2.37 bits per heavy atom. The minimum Gasteiger partial charge on any atom is -0.494 e. The molecule has 2 heterocycles. The Morgan fingerprint density at radius 1 is 1.53 bits per heavy atom. The van der Waals surface area contributed by atoms with Crippen LogP contribution in [0.25, 0.3) is 5.88 Å². The van der Waals surface area contributed by atoms with Gasteiger partial charge < -0.3 is 15.2 Å². The SMILES string of the molecule is COC1=C2CCCCC2NCc2cc(C=O)c(O)n21. The van der Waals surface area contributed by atoms with Crippen LogP contribution >= 0.6 is 0 Å². The van der Waals surface area contributed by atoms with Crippen LogP contribution < -0.4 is 5.32 Å². The van der Waals surface area contributed by atoms with E-state index < -0.39 is 0 Å². The summed E-state index contributed by atoms with van der Waals surface area (Å²) in [6.45, 7) is 0.627. The van der Waals surface area contributed by atoms with Crippen LogP contribution in [0.2, 0.25) is 0 Å². The number of ether oxygens (including phenoxy) is 1. The Morgan fingerprint density at radius 3 is 3.11 bits per heavy atom. The van der Waals surface area contributed by atoms with Crippen LogP contribution in [0, 0.1) is 0 Å². The molecule has 3 rings (SSSR count). The van der Waals surface area contributed by atoms with Gasteiger partial charge in [0.15, 0.2) is 6.29 Å². The second-order valence-electron chi connectivity index (χ2n) is 5.08. The van der Waals surface area contributed by atoms with Crippen molar-refractivity contribution in [2.75, 3.05) is 7.11 Å². The van der Waals surface area contributed by atoms with Crippen LogP contribution in [-0.2, 0) is 11.3 Å². The number of aldehydes is 1. The van der Waals surface area contributed by atoms with E-state index in [4.69, 9.17) is 4.74 Å². The first-order valence-electron chi connectivity index (χ1n) is 6.65. The molecule has 0 radical (unpaired) electrons. The minimum absolute atomic E-state index is 0.0256. The van der Waals surface area contributed by atoms with Crippen molar-refractivity contribution in [3.05, 3.63) is 22.9 Å². The first-order valence-corrected chi connectivity index (χ1v) is 6.65. The van der Waals surface area contributed by atoms with Gasteiger partial charge in [-0.25, -0.2) is 0 Å². The van der Waals surface area contributed by atoms with Crippen LogP contribution in [-0.4, -0.2) is 29.1 Å². The molecule has 1 aliphatic heterocycles. The third kappa shape index (κ3) is 1.85. The smallest absolute Gasteiger partial charge is 0.209 e. The number of methoxy groups -OCH3 is 1. The number of hydrogen-bond acceptors (Lipinski definition) is 4. The van der Waals surface area contributed by atoms with Gasteiger partial charge in [-0.3, -0.25) is 9.36 Å². The summed E-state index contributed by atoms with van der Waals surface area (Å²) in [5.74, 6) is 0.651. The van der Waals surface area contributed by atoms with E-state index in [9.17, 15) is 9.90 Å². The maximum Gasteiger partial charge on any atom is 0.209 e. The quantitative estimate of drug-likeness (QED) is 0.799. The van der Waals surface area contributed by atoms with Gasteiger partial charge in [0.1, 0.15) is 0 Å². The molecule has 1 aromatic rings. The highest BCUT2D eigenvalue weighted by Crippen LogP contribution is 2.35. The fourth-order valence-corrected chi connectivity index (χ4v) is 3.10. The van der Waals surface area contributed by atoms with Crippen molar-refractivity contribution in [2.24, 2.45) is 0 Å². The molecule has 1 atom stereocenters.